The fourth-order valence-electron chi connectivity index (χ4n) is 3.53. The van der Waals surface area contributed by atoms with Gasteiger partial charge in [-0.25, -0.2) is 24.3 Å². The number of nitrogens with zero attached hydrogens (tertiary/aromatic N) is 4. The summed E-state index contributed by atoms with van der Waals surface area (Å²) in [5.74, 6) is -0.262. The number of aliphatic hydroxyl groups excluding tert-OH is 1. The predicted molar refractivity (Wildman–Crippen MR) is 120 cm³/mol. The Morgan fingerprint density at radius 3 is 2.71 bits per heavy atom. The number of carbonyl (C=O) groups is 1. The summed E-state index contributed by atoms with van der Waals surface area (Å²) in [6, 6.07) is 8.47. The van der Waals surface area contributed by atoms with E-state index in [1.165, 1.54) is 24.1 Å². The van der Waals surface area contributed by atoms with Gasteiger partial charge in [-0.1, -0.05) is 18.2 Å². The zero-order valence-electron chi connectivity index (χ0n) is 18.2. The smallest absolute Gasteiger partial charge is 0.423 e. The van der Waals surface area contributed by atoms with Gasteiger partial charge < -0.3 is 34.8 Å². The van der Waals surface area contributed by atoms with E-state index in [-0.39, 0.29) is 29.4 Å². The highest BCUT2D eigenvalue weighted by atomic mass is 31.2. The van der Waals surface area contributed by atoms with Gasteiger partial charge in [-0.05, 0) is 18.2 Å². The fourth-order valence-corrected chi connectivity index (χ4v) is 4.11. The number of phosphoric acid groups is 1. The van der Waals surface area contributed by atoms with E-state index in [1.807, 2.05) is 0 Å². The van der Waals surface area contributed by atoms with Crippen LogP contribution < -0.4 is 10.5 Å². The van der Waals surface area contributed by atoms with Crippen LogP contribution in [-0.2, 0) is 23.4 Å². The number of phosphoric ester groups is 1. The molecular weight excluding hydrogens is 485 g/mol. The Hall–Kier alpha value is -3.23. The van der Waals surface area contributed by atoms with Crippen molar-refractivity contribution in [1.29, 1.82) is 0 Å². The number of esters is 1. The van der Waals surface area contributed by atoms with E-state index >= 15 is 0 Å². The van der Waals surface area contributed by atoms with Crippen molar-refractivity contribution in [1.82, 2.24) is 19.5 Å². The van der Waals surface area contributed by atoms with Crippen molar-refractivity contribution in [2.75, 3.05) is 19.5 Å². The summed E-state index contributed by atoms with van der Waals surface area (Å²) in [6.07, 6.45) is -1.42. The maximum atomic E-state index is 12.1. The van der Waals surface area contributed by atoms with Gasteiger partial charge in [0.25, 0.3) is 0 Å². The Bertz CT molecular complexity index is 1280. The van der Waals surface area contributed by atoms with Gasteiger partial charge in [0.05, 0.1) is 12.9 Å². The predicted octanol–water partition coefficient (Wildman–Crippen LogP) is 0.410. The Morgan fingerprint density at radius 2 is 2.03 bits per heavy atom. The lowest BCUT2D eigenvalue weighted by atomic mass is 10.1. The third kappa shape index (κ3) is 5.71. The van der Waals surface area contributed by atoms with Gasteiger partial charge in [0.1, 0.15) is 29.6 Å². The molecule has 0 saturated carbocycles. The first-order chi connectivity index (χ1) is 16.7. The molecule has 15 heteroatoms. The second kappa shape index (κ2) is 10.2. The normalized spacial score (nSPS) is 22.7. The molecule has 0 aliphatic carbocycles. The number of methoxy groups -OCH3 is 1. The van der Waals surface area contributed by atoms with Gasteiger partial charge in [-0.2, -0.15) is 0 Å². The van der Waals surface area contributed by atoms with Crippen molar-refractivity contribution in [3.05, 3.63) is 48.6 Å². The Balaban J connectivity index is 1.61. The maximum Gasteiger partial charge on any atom is 0.470 e. The summed E-state index contributed by atoms with van der Waals surface area (Å²) in [7, 11) is -3.58. The van der Waals surface area contributed by atoms with E-state index in [0.717, 1.165) is 6.08 Å². The molecule has 0 bridgehead atoms. The first-order valence-corrected chi connectivity index (χ1v) is 11.7. The lowest BCUT2D eigenvalue weighted by Gasteiger charge is -2.20. The van der Waals surface area contributed by atoms with Gasteiger partial charge >= 0.3 is 13.8 Å². The van der Waals surface area contributed by atoms with E-state index < -0.39 is 38.3 Å². The molecule has 4 rings (SSSR count). The highest BCUT2D eigenvalue weighted by Gasteiger charge is 2.48. The van der Waals surface area contributed by atoms with Crippen LogP contribution in [0, 0.1) is 0 Å². The molecule has 1 saturated heterocycles. The standard InChI is InChI=1S/C20H22N5O9P/c1-31-9-12-17(34-35(28,29)30)16(27)20(33-12)25-10-22-15-18(21)23-13(24-19(15)25)7-8-14(26)32-11-5-3-2-4-6-11/h2-8,10,12,16-17,20,27H,9H2,1H3,(H2,21,23,24)(H2,28,29,30)/b8-7+/t12-,16+,17+,20-/m1/s1. The molecule has 0 amide bonds. The molecule has 3 heterocycles. The molecule has 1 fully saturated rings. The quantitative estimate of drug-likeness (QED) is 0.141. The minimum Gasteiger partial charge on any atom is -0.423 e. The number of carbonyl (C=O) groups excluding carboxylic acids is 1. The SMILES string of the molecule is COC[C@H]1O[C@@H](n2cnc3c(N)nc(/C=C/C(=O)Oc4ccccc4)nc32)[C@@H](O)[C@H]1OP(=O)(O)O. The number of hydrogen-bond acceptors (Lipinski definition) is 11. The number of ether oxygens (including phenoxy) is 3. The lowest BCUT2D eigenvalue weighted by molar-refractivity contribution is -0.128. The average molecular weight is 507 g/mol. The number of rotatable bonds is 8. The number of para-hydroxylation sites is 1. The van der Waals surface area contributed by atoms with Crippen molar-refractivity contribution in [3.8, 4) is 5.75 Å². The molecule has 1 aliphatic rings. The Kier molecular flexibility index (Phi) is 7.23. The number of aromatic nitrogens is 4. The number of anilines is 1. The Labute approximate surface area is 198 Å². The van der Waals surface area contributed by atoms with Crippen LogP contribution in [0.1, 0.15) is 12.1 Å². The zero-order valence-corrected chi connectivity index (χ0v) is 19.1. The summed E-state index contributed by atoms with van der Waals surface area (Å²) in [6.45, 7) is -0.112. The molecule has 3 aromatic rings. The molecule has 0 unspecified atom stereocenters. The molecule has 1 aromatic carbocycles. The molecule has 5 N–H and O–H groups in total. The van der Waals surface area contributed by atoms with Crippen LogP contribution in [0.3, 0.4) is 0 Å². The van der Waals surface area contributed by atoms with E-state index in [2.05, 4.69) is 15.0 Å². The molecule has 4 atom stereocenters. The topological polar surface area (TPSA) is 201 Å². The van der Waals surface area contributed by atoms with Gasteiger partial charge in [-0.3, -0.25) is 9.09 Å². The second-order valence-corrected chi connectivity index (χ2v) is 8.62. The summed E-state index contributed by atoms with van der Waals surface area (Å²) < 4.78 is 33.4. The number of nitrogen functional groups attached to an aromatic ring is 1. The number of fused-ring (bicyclic) bond motifs is 1. The van der Waals surface area contributed by atoms with E-state index in [4.69, 9.17) is 24.5 Å². The van der Waals surface area contributed by atoms with Crippen LogP contribution in [0.25, 0.3) is 17.2 Å². The van der Waals surface area contributed by atoms with Crippen LogP contribution in [0.2, 0.25) is 0 Å². The van der Waals surface area contributed by atoms with E-state index in [1.54, 1.807) is 30.3 Å². The second-order valence-electron chi connectivity index (χ2n) is 7.43. The molecule has 1 aliphatic heterocycles. The van der Waals surface area contributed by atoms with Crippen molar-refractivity contribution >= 4 is 36.8 Å². The maximum absolute atomic E-state index is 12.1. The van der Waals surface area contributed by atoms with Crippen molar-refractivity contribution < 1.29 is 43.0 Å². The van der Waals surface area contributed by atoms with Crippen molar-refractivity contribution in [2.24, 2.45) is 0 Å². The first-order valence-electron chi connectivity index (χ1n) is 10.2. The van der Waals surface area contributed by atoms with Crippen molar-refractivity contribution in [2.45, 2.75) is 24.5 Å². The number of benzene rings is 1. The summed E-state index contributed by atoms with van der Waals surface area (Å²) >= 11 is 0. The van der Waals surface area contributed by atoms with Gasteiger partial charge in [-0.15, -0.1) is 0 Å². The van der Waals surface area contributed by atoms with Crippen LogP contribution in [0.5, 0.6) is 5.75 Å². The summed E-state index contributed by atoms with van der Waals surface area (Å²) in [5.41, 5.74) is 6.32. The highest BCUT2D eigenvalue weighted by Crippen LogP contribution is 2.44. The first kappa shape index (κ1) is 24.9. The third-order valence-electron chi connectivity index (χ3n) is 4.97. The van der Waals surface area contributed by atoms with Crippen molar-refractivity contribution in [3.63, 3.8) is 0 Å². The Morgan fingerprint density at radius 1 is 1.29 bits per heavy atom. The summed E-state index contributed by atoms with van der Waals surface area (Å²) in [5, 5.41) is 10.7. The number of nitrogens with two attached hydrogens (primary N) is 1. The van der Waals surface area contributed by atoms with Gasteiger partial charge in [0.15, 0.2) is 23.5 Å². The minimum absolute atomic E-state index is 0.00577. The number of imidazole rings is 1. The molecule has 2 aromatic heterocycles. The molecule has 35 heavy (non-hydrogen) atoms. The minimum atomic E-state index is -4.94. The highest BCUT2D eigenvalue weighted by molar-refractivity contribution is 7.46. The molecular formula is C20H22N5O9P. The van der Waals surface area contributed by atoms with Crippen LogP contribution in [-0.4, -0.2) is 72.4 Å². The lowest BCUT2D eigenvalue weighted by Crippen LogP contribution is -2.35. The molecule has 0 radical (unpaired) electrons. The van der Waals surface area contributed by atoms with Crippen LogP contribution in [0.15, 0.2) is 42.7 Å². The van der Waals surface area contributed by atoms with Crippen LogP contribution >= 0.6 is 7.82 Å². The third-order valence-corrected chi connectivity index (χ3v) is 5.49. The van der Waals surface area contributed by atoms with E-state index in [0.29, 0.717) is 5.75 Å². The van der Waals surface area contributed by atoms with Gasteiger partial charge in [0.2, 0.25) is 0 Å². The molecule has 0 spiro atoms. The fraction of sp³-hybridized carbons (Fsp3) is 0.300. The molecule has 186 valence electrons. The average Bonchev–Trinajstić information content (AvgIpc) is 3.34. The summed E-state index contributed by atoms with van der Waals surface area (Å²) in [4.78, 5) is 43.1. The number of hydrogen-bond donors (Lipinski definition) is 4. The van der Waals surface area contributed by atoms with Crippen LogP contribution in [0.4, 0.5) is 5.82 Å². The largest absolute Gasteiger partial charge is 0.470 e. The monoisotopic (exact) mass is 507 g/mol. The zero-order chi connectivity index (χ0) is 25.2. The number of aliphatic hydroxyl groups is 1. The van der Waals surface area contributed by atoms with E-state index in [9.17, 15) is 24.3 Å². The molecule has 14 nitrogen and oxygen atoms in total. The van der Waals surface area contributed by atoms with Gasteiger partial charge in [0, 0.05) is 13.2 Å².